The fourth-order valence-corrected chi connectivity index (χ4v) is 2.85. The fraction of sp³-hybridized carbons (Fsp3) is 0.500. The zero-order valence-corrected chi connectivity index (χ0v) is 10.9. The first kappa shape index (κ1) is 13.3. The van der Waals surface area contributed by atoms with Crippen LogP contribution < -0.4 is 0 Å². The Morgan fingerprint density at radius 2 is 2.00 bits per heavy atom. The standard InChI is InChI=1S/C14H20OS/c1-3-14(16-10-9-15)11-12(2)13-7-5-4-6-8-13/h4-9,12,14H,3,10-11H2,1-2H3. The fourth-order valence-electron chi connectivity index (χ4n) is 1.84. The summed E-state index contributed by atoms with van der Waals surface area (Å²) >= 11 is 1.78. The first-order valence-corrected chi connectivity index (χ1v) is 6.93. The predicted octanol–water partition coefficient (Wildman–Crippen LogP) is 3.89. The summed E-state index contributed by atoms with van der Waals surface area (Å²) in [6.45, 7) is 4.46. The molecule has 16 heavy (non-hydrogen) atoms. The summed E-state index contributed by atoms with van der Waals surface area (Å²) in [4.78, 5) is 10.4. The second-order valence-electron chi connectivity index (χ2n) is 4.08. The minimum atomic E-state index is 0.574. The molecule has 1 aromatic rings. The van der Waals surface area contributed by atoms with Crippen LogP contribution in [-0.2, 0) is 4.79 Å². The highest BCUT2D eigenvalue weighted by atomic mass is 32.2. The van der Waals surface area contributed by atoms with Crippen LogP contribution in [0.5, 0.6) is 0 Å². The monoisotopic (exact) mass is 236 g/mol. The molecule has 1 aromatic carbocycles. The van der Waals surface area contributed by atoms with Gasteiger partial charge in [-0.05, 0) is 24.3 Å². The molecule has 88 valence electrons. The van der Waals surface area contributed by atoms with Crippen molar-refractivity contribution in [3.8, 4) is 0 Å². The molecule has 0 spiro atoms. The van der Waals surface area contributed by atoms with Gasteiger partial charge in [-0.3, -0.25) is 0 Å². The number of thioether (sulfide) groups is 1. The topological polar surface area (TPSA) is 17.1 Å². The number of carbonyl (C=O) groups is 1. The molecule has 0 radical (unpaired) electrons. The Hall–Kier alpha value is -0.760. The maximum Gasteiger partial charge on any atom is 0.129 e. The van der Waals surface area contributed by atoms with E-state index in [1.165, 1.54) is 5.56 Å². The van der Waals surface area contributed by atoms with Crippen molar-refractivity contribution in [1.29, 1.82) is 0 Å². The Balaban J connectivity index is 2.48. The van der Waals surface area contributed by atoms with Crippen LogP contribution in [0, 0.1) is 0 Å². The van der Waals surface area contributed by atoms with Crippen LogP contribution in [0.15, 0.2) is 30.3 Å². The first-order valence-electron chi connectivity index (χ1n) is 5.88. The van der Waals surface area contributed by atoms with Crippen molar-refractivity contribution in [1.82, 2.24) is 0 Å². The lowest BCUT2D eigenvalue weighted by Crippen LogP contribution is -2.07. The van der Waals surface area contributed by atoms with Crippen molar-refractivity contribution in [2.75, 3.05) is 5.75 Å². The van der Waals surface area contributed by atoms with Gasteiger partial charge in [0, 0.05) is 11.0 Å². The Bertz CT molecular complexity index is 297. The van der Waals surface area contributed by atoms with Crippen LogP contribution in [0.3, 0.4) is 0 Å². The lowest BCUT2D eigenvalue weighted by Gasteiger charge is -2.18. The van der Waals surface area contributed by atoms with E-state index < -0.39 is 0 Å². The van der Waals surface area contributed by atoms with E-state index >= 15 is 0 Å². The highest BCUT2D eigenvalue weighted by Gasteiger charge is 2.12. The van der Waals surface area contributed by atoms with E-state index in [4.69, 9.17) is 0 Å². The Kier molecular flexibility index (Phi) is 6.24. The quantitative estimate of drug-likeness (QED) is 0.668. The Labute approximate surface area is 103 Å². The summed E-state index contributed by atoms with van der Waals surface area (Å²) in [5.41, 5.74) is 1.40. The van der Waals surface area contributed by atoms with Crippen molar-refractivity contribution in [2.45, 2.75) is 37.9 Å². The molecule has 2 heteroatoms. The highest BCUT2D eigenvalue weighted by Crippen LogP contribution is 2.27. The molecule has 0 saturated carbocycles. The summed E-state index contributed by atoms with van der Waals surface area (Å²) < 4.78 is 0. The average Bonchev–Trinajstić information content (AvgIpc) is 2.35. The zero-order valence-electron chi connectivity index (χ0n) is 10.1. The van der Waals surface area contributed by atoms with Gasteiger partial charge in [0.25, 0.3) is 0 Å². The first-order chi connectivity index (χ1) is 7.77. The van der Waals surface area contributed by atoms with Crippen molar-refractivity contribution in [3.05, 3.63) is 35.9 Å². The lowest BCUT2D eigenvalue weighted by molar-refractivity contribution is -0.105. The average molecular weight is 236 g/mol. The van der Waals surface area contributed by atoms with Gasteiger partial charge < -0.3 is 4.79 Å². The molecule has 1 nitrogen and oxygen atoms in total. The van der Waals surface area contributed by atoms with E-state index in [0.717, 1.165) is 19.1 Å². The van der Waals surface area contributed by atoms with E-state index in [-0.39, 0.29) is 0 Å². The zero-order chi connectivity index (χ0) is 11.8. The molecule has 0 saturated heterocycles. The molecule has 2 atom stereocenters. The number of carbonyl (C=O) groups excluding carboxylic acids is 1. The van der Waals surface area contributed by atoms with Gasteiger partial charge in [-0.2, -0.15) is 11.8 Å². The predicted molar refractivity (Wildman–Crippen MR) is 72.1 cm³/mol. The highest BCUT2D eigenvalue weighted by molar-refractivity contribution is 8.00. The van der Waals surface area contributed by atoms with E-state index in [0.29, 0.717) is 16.9 Å². The van der Waals surface area contributed by atoms with Crippen molar-refractivity contribution >= 4 is 18.0 Å². The Morgan fingerprint density at radius 3 is 2.56 bits per heavy atom. The molecule has 1 rings (SSSR count). The molecular formula is C14H20OS. The number of benzene rings is 1. The van der Waals surface area contributed by atoms with Crippen LogP contribution in [0.1, 0.15) is 38.2 Å². The number of aldehydes is 1. The molecule has 0 N–H and O–H groups in total. The molecule has 0 bridgehead atoms. The van der Waals surface area contributed by atoms with Gasteiger partial charge in [0.2, 0.25) is 0 Å². The summed E-state index contributed by atoms with van der Waals surface area (Å²) in [6, 6.07) is 10.6. The maximum atomic E-state index is 10.4. The minimum absolute atomic E-state index is 0.574. The van der Waals surface area contributed by atoms with Crippen molar-refractivity contribution < 1.29 is 4.79 Å². The molecule has 0 amide bonds. The van der Waals surface area contributed by atoms with Gasteiger partial charge in [0.1, 0.15) is 6.29 Å². The van der Waals surface area contributed by atoms with Crippen LogP contribution in [0.4, 0.5) is 0 Å². The van der Waals surface area contributed by atoms with Gasteiger partial charge >= 0.3 is 0 Å². The van der Waals surface area contributed by atoms with E-state index in [1.807, 2.05) is 0 Å². The SMILES string of the molecule is CCC(CC(C)c1ccccc1)SCC=O. The third kappa shape index (κ3) is 4.40. The van der Waals surface area contributed by atoms with Crippen LogP contribution in [0.2, 0.25) is 0 Å². The molecule has 0 aliphatic rings. The summed E-state index contributed by atoms with van der Waals surface area (Å²) in [5, 5.41) is 0.598. The van der Waals surface area contributed by atoms with E-state index in [1.54, 1.807) is 11.8 Å². The summed E-state index contributed by atoms with van der Waals surface area (Å²) in [6.07, 6.45) is 3.29. The largest absolute Gasteiger partial charge is 0.302 e. The minimum Gasteiger partial charge on any atom is -0.302 e. The van der Waals surface area contributed by atoms with E-state index in [2.05, 4.69) is 44.2 Å². The van der Waals surface area contributed by atoms with Crippen LogP contribution in [-0.4, -0.2) is 17.3 Å². The smallest absolute Gasteiger partial charge is 0.129 e. The molecule has 0 aromatic heterocycles. The van der Waals surface area contributed by atoms with Crippen molar-refractivity contribution in [2.24, 2.45) is 0 Å². The van der Waals surface area contributed by atoms with Crippen LogP contribution >= 0.6 is 11.8 Å². The number of rotatable bonds is 7. The summed E-state index contributed by atoms with van der Waals surface area (Å²) in [5.74, 6) is 1.20. The molecule has 2 unspecified atom stereocenters. The second-order valence-corrected chi connectivity index (χ2v) is 5.41. The third-order valence-corrected chi connectivity index (χ3v) is 4.17. The van der Waals surface area contributed by atoms with Crippen molar-refractivity contribution in [3.63, 3.8) is 0 Å². The van der Waals surface area contributed by atoms with Gasteiger partial charge in [-0.1, -0.05) is 44.2 Å². The molecule has 0 fully saturated rings. The molecule has 0 aliphatic heterocycles. The lowest BCUT2D eigenvalue weighted by atomic mass is 9.95. The van der Waals surface area contributed by atoms with Gasteiger partial charge in [-0.15, -0.1) is 0 Å². The maximum absolute atomic E-state index is 10.4. The van der Waals surface area contributed by atoms with Gasteiger partial charge in [0.15, 0.2) is 0 Å². The van der Waals surface area contributed by atoms with Crippen LogP contribution in [0.25, 0.3) is 0 Å². The second kappa shape index (κ2) is 7.50. The van der Waals surface area contributed by atoms with Gasteiger partial charge in [0.05, 0.1) is 0 Å². The number of hydrogen-bond acceptors (Lipinski definition) is 2. The normalized spacial score (nSPS) is 14.4. The molecule has 0 aliphatic carbocycles. The number of hydrogen-bond donors (Lipinski definition) is 0. The van der Waals surface area contributed by atoms with Gasteiger partial charge in [-0.25, -0.2) is 0 Å². The molecule has 0 heterocycles. The Morgan fingerprint density at radius 1 is 1.31 bits per heavy atom. The third-order valence-electron chi connectivity index (χ3n) is 2.84. The molecular weight excluding hydrogens is 216 g/mol. The summed E-state index contributed by atoms with van der Waals surface area (Å²) in [7, 11) is 0. The van der Waals surface area contributed by atoms with E-state index in [9.17, 15) is 4.79 Å².